The van der Waals surface area contributed by atoms with E-state index in [9.17, 15) is 18.0 Å². The zero-order chi connectivity index (χ0) is 34.2. The number of aryl methyl sites for hydroxylation is 1. The van der Waals surface area contributed by atoms with Gasteiger partial charge in [-0.2, -0.15) is 13.2 Å². The maximum Gasteiger partial charge on any atom is 0.471 e. The number of alkyl halides is 3. The smallest absolute Gasteiger partial charge is 0.465 e. The molecule has 1 amide bonds. The van der Waals surface area contributed by atoms with Crippen molar-refractivity contribution in [3.8, 4) is 17.6 Å². The summed E-state index contributed by atoms with van der Waals surface area (Å²) in [7, 11) is 1.11. The van der Waals surface area contributed by atoms with Crippen LogP contribution in [0.25, 0.3) is 0 Å². The fraction of sp³-hybridized carbons (Fsp3) is 0.625. The Morgan fingerprint density at radius 2 is 1.69 bits per heavy atom. The molecule has 0 N–H and O–H groups in total. The summed E-state index contributed by atoms with van der Waals surface area (Å²) >= 11 is 0. The zero-order valence-corrected chi connectivity index (χ0v) is 28.6. The van der Waals surface area contributed by atoms with Crippen molar-refractivity contribution >= 4 is 5.91 Å². The molecule has 0 bridgehead atoms. The molecule has 0 aromatic heterocycles. The van der Waals surface area contributed by atoms with Gasteiger partial charge in [0.25, 0.3) is 0 Å². The molecular formula is C40H48F3NO5. The Balaban J connectivity index is 1.16. The summed E-state index contributed by atoms with van der Waals surface area (Å²) in [4.78, 5) is 12.1. The second-order valence-corrected chi connectivity index (χ2v) is 15.0. The van der Waals surface area contributed by atoms with Crippen molar-refractivity contribution in [3.05, 3.63) is 64.7 Å². The van der Waals surface area contributed by atoms with Crippen molar-refractivity contribution < 1.29 is 36.9 Å². The van der Waals surface area contributed by atoms with E-state index in [0.717, 1.165) is 96.6 Å². The molecule has 3 aliphatic carbocycles. The number of nitrogens with zero attached hydrogens (tertiary/aromatic N) is 1. The van der Waals surface area contributed by atoms with Gasteiger partial charge < -0.3 is 23.8 Å². The molecule has 7 rings (SSSR count). The van der Waals surface area contributed by atoms with Gasteiger partial charge >= 0.3 is 12.1 Å². The average molecular weight is 680 g/mol. The number of carbonyl (C=O) groups is 1. The summed E-state index contributed by atoms with van der Waals surface area (Å²) < 4.78 is 63.4. The summed E-state index contributed by atoms with van der Waals surface area (Å²) in [5.74, 6) is 6.36. The van der Waals surface area contributed by atoms with Gasteiger partial charge in [-0.05, 0) is 134 Å². The van der Waals surface area contributed by atoms with Crippen molar-refractivity contribution in [2.45, 2.75) is 114 Å². The first kappa shape index (κ1) is 34.4. The number of fused-ring (bicyclic) bond motifs is 5. The van der Waals surface area contributed by atoms with Gasteiger partial charge in [0.2, 0.25) is 0 Å². The van der Waals surface area contributed by atoms with Crippen molar-refractivity contribution in [3.63, 3.8) is 0 Å². The lowest BCUT2D eigenvalue weighted by Crippen LogP contribution is -2.48. The van der Waals surface area contributed by atoms with Crippen LogP contribution in [0.5, 0.6) is 5.75 Å². The first-order chi connectivity index (χ1) is 23.6. The third-order valence-corrected chi connectivity index (χ3v) is 12.0. The fourth-order valence-electron chi connectivity index (χ4n) is 9.58. The molecule has 2 aromatic carbocycles. The molecular weight excluding hydrogens is 631 g/mol. The van der Waals surface area contributed by atoms with Crippen LogP contribution in [0.4, 0.5) is 13.2 Å². The first-order valence-corrected chi connectivity index (χ1v) is 18.2. The monoisotopic (exact) mass is 679 g/mol. The summed E-state index contributed by atoms with van der Waals surface area (Å²) in [5.41, 5.74) is 4.75. The molecule has 5 aliphatic rings. The minimum absolute atomic E-state index is 0.0135. The van der Waals surface area contributed by atoms with Crippen LogP contribution in [0.2, 0.25) is 0 Å². The van der Waals surface area contributed by atoms with Crippen LogP contribution >= 0.6 is 0 Å². The lowest BCUT2D eigenvalue weighted by Gasteiger charge is -2.54. The Morgan fingerprint density at radius 3 is 2.39 bits per heavy atom. The lowest BCUT2D eigenvalue weighted by molar-refractivity contribution is -0.213. The maximum atomic E-state index is 12.8. The standard InChI is InChI=1S/C40H48F3NO5/c1-39-25-32(27-13-11-26(12-14-27)8-7-21-44(2)38(45)40(41,42)43)37-30-18-16-29(48-35-9-3-5-22-46-35)24-28(30)15-17-31(37)33(39)19-20-34(39)49-36-10-4-6-23-47-36/h11-14,16,18,24,31-37H,3-6,9-10,15,17,19-23,25H2,1-2H3/t31-,32+,33-,34-,35?,36?,37+,39-/m0/s1. The van der Waals surface area contributed by atoms with Crippen molar-refractivity contribution in [2.24, 2.45) is 17.3 Å². The molecule has 4 fully saturated rings. The molecule has 264 valence electrons. The van der Waals surface area contributed by atoms with E-state index in [0.29, 0.717) is 28.2 Å². The molecule has 2 saturated carbocycles. The lowest BCUT2D eigenvalue weighted by atomic mass is 9.51. The number of halogens is 3. The number of hydrogen-bond donors (Lipinski definition) is 0. The largest absolute Gasteiger partial charge is 0.471 e. The molecule has 2 saturated heterocycles. The molecule has 2 aromatic rings. The van der Waals surface area contributed by atoms with Gasteiger partial charge in [-0.1, -0.05) is 37.0 Å². The van der Waals surface area contributed by atoms with Gasteiger partial charge in [-0.3, -0.25) is 4.79 Å². The Labute approximate surface area is 288 Å². The van der Waals surface area contributed by atoms with Gasteiger partial charge in [-0.25, -0.2) is 0 Å². The molecule has 8 atom stereocenters. The summed E-state index contributed by atoms with van der Waals surface area (Å²) in [5, 5.41) is 0. The maximum absolute atomic E-state index is 12.8. The van der Waals surface area contributed by atoms with Gasteiger partial charge in [0.05, 0.1) is 19.3 Å². The second-order valence-electron chi connectivity index (χ2n) is 15.0. The number of carbonyl (C=O) groups excluding carboxylic acids is 1. The van der Waals surface area contributed by atoms with Crippen molar-refractivity contribution in [2.75, 3.05) is 26.8 Å². The highest BCUT2D eigenvalue weighted by Gasteiger charge is 2.59. The second kappa shape index (κ2) is 14.3. The molecule has 2 aliphatic heterocycles. The number of benzene rings is 2. The Bertz CT molecular complexity index is 1540. The molecule has 49 heavy (non-hydrogen) atoms. The van der Waals surface area contributed by atoms with E-state index in [1.54, 1.807) is 0 Å². The van der Waals surface area contributed by atoms with E-state index in [1.807, 2.05) is 12.1 Å². The third-order valence-electron chi connectivity index (χ3n) is 12.0. The van der Waals surface area contributed by atoms with E-state index in [4.69, 9.17) is 18.9 Å². The molecule has 0 spiro atoms. The zero-order valence-electron chi connectivity index (χ0n) is 28.6. The first-order valence-electron chi connectivity index (χ1n) is 18.2. The summed E-state index contributed by atoms with van der Waals surface area (Å²) in [6.07, 6.45) is 6.63. The van der Waals surface area contributed by atoms with Crippen molar-refractivity contribution in [1.29, 1.82) is 0 Å². The van der Waals surface area contributed by atoms with Crippen LogP contribution in [0, 0.1) is 29.1 Å². The van der Waals surface area contributed by atoms with Crippen LogP contribution in [-0.2, 0) is 25.4 Å². The van der Waals surface area contributed by atoms with E-state index in [-0.39, 0.29) is 36.6 Å². The normalized spacial score (nSPS) is 32.6. The van der Waals surface area contributed by atoms with E-state index >= 15 is 0 Å². The highest BCUT2D eigenvalue weighted by Crippen LogP contribution is 2.65. The summed E-state index contributed by atoms with van der Waals surface area (Å²) in [6, 6.07) is 14.9. The molecule has 6 nitrogen and oxygen atoms in total. The molecule has 2 heterocycles. The van der Waals surface area contributed by atoms with Gasteiger partial charge in [0.1, 0.15) is 5.75 Å². The Hall–Kier alpha value is -3.06. The van der Waals surface area contributed by atoms with Crippen LogP contribution in [0.15, 0.2) is 42.5 Å². The van der Waals surface area contributed by atoms with Crippen LogP contribution < -0.4 is 4.74 Å². The van der Waals surface area contributed by atoms with Gasteiger partial charge in [0.15, 0.2) is 12.6 Å². The Kier molecular flexibility index (Phi) is 10.0. The van der Waals surface area contributed by atoms with Crippen LogP contribution in [-0.4, -0.2) is 62.5 Å². The van der Waals surface area contributed by atoms with Crippen LogP contribution in [0.3, 0.4) is 0 Å². The minimum atomic E-state index is -4.91. The van der Waals surface area contributed by atoms with Crippen molar-refractivity contribution in [1.82, 2.24) is 4.90 Å². The Morgan fingerprint density at radius 1 is 0.959 bits per heavy atom. The predicted octanol–water partition coefficient (Wildman–Crippen LogP) is 8.13. The molecule has 9 heteroatoms. The number of ether oxygens (including phenoxy) is 4. The highest BCUT2D eigenvalue weighted by atomic mass is 19.4. The van der Waals surface area contributed by atoms with Gasteiger partial charge in [-0.15, -0.1) is 0 Å². The minimum Gasteiger partial charge on any atom is -0.465 e. The van der Waals surface area contributed by atoms with E-state index < -0.39 is 12.1 Å². The van der Waals surface area contributed by atoms with Gasteiger partial charge in [0, 0.05) is 25.6 Å². The SMILES string of the molecule is CN(CC#Cc1ccc([C@H]2C[C@]3(C)[C@@H](OC4CCCCO4)CC[C@H]3[C@@H]3CCc4cc(OC5CCCCO5)ccc4[C@H]32)cc1)C(=O)C(F)(F)F. The predicted molar refractivity (Wildman–Crippen MR) is 179 cm³/mol. The molecule has 0 radical (unpaired) electrons. The molecule has 2 unspecified atom stereocenters. The average Bonchev–Trinajstić information content (AvgIpc) is 3.43. The van der Waals surface area contributed by atoms with E-state index in [1.165, 1.54) is 16.7 Å². The van der Waals surface area contributed by atoms with Crippen LogP contribution in [0.1, 0.15) is 105 Å². The topological polar surface area (TPSA) is 57.2 Å². The third kappa shape index (κ3) is 7.25. The summed E-state index contributed by atoms with van der Waals surface area (Å²) in [6.45, 7) is 3.67. The number of amides is 1. The highest BCUT2D eigenvalue weighted by molar-refractivity contribution is 5.81. The number of hydrogen-bond acceptors (Lipinski definition) is 5. The fourth-order valence-corrected chi connectivity index (χ4v) is 9.58. The van der Waals surface area contributed by atoms with E-state index in [2.05, 4.69) is 49.1 Å². The quantitative estimate of drug-likeness (QED) is 0.289. The number of rotatable bonds is 6.